The molecule has 0 bridgehead atoms. The number of carbonyl (C=O) groups excluding carboxylic acids is 1. The number of benzene rings is 1. The third kappa shape index (κ3) is 1.72. The van der Waals surface area contributed by atoms with Crippen LogP contribution in [-0.2, 0) is 14.9 Å². The van der Waals surface area contributed by atoms with Crippen molar-refractivity contribution < 1.29 is 19.0 Å². The van der Waals surface area contributed by atoms with Crippen LogP contribution in [0.25, 0.3) is 0 Å². The van der Waals surface area contributed by atoms with Gasteiger partial charge in [-0.05, 0) is 6.07 Å². The molecule has 0 radical (unpaired) electrons. The first kappa shape index (κ1) is 11.7. The number of primary amides is 1. The second kappa shape index (κ2) is 4.25. The van der Waals surface area contributed by atoms with Gasteiger partial charge in [0.2, 0.25) is 5.91 Å². The molecule has 0 unspecified atom stereocenters. The minimum absolute atomic E-state index is 0.297. The third-order valence-electron chi connectivity index (χ3n) is 3.09. The van der Waals surface area contributed by atoms with Crippen molar-refractivity contribution in [2.24, 2.45) is 5.73 Å². The SMILES string of the molecule is COc1ccc(C2(C(N)=O)COC2)c(OC)c1. The molecule has 5 heteroatoms. The number of hydrogen-bond acceptors (Lipinski definition) is 4. The summed E-state index contributed by atoms with van der Waals surface area (Å²) in [7, 11) is 3.12. The largest absolute Gasteiger partial charge is 0.497 e. The number of amides is 1. The van der Waals surface area contributed by atoms with Gasteiger partial charge >= 0.3 is 0 Å². The molecule has 2 rings (SSSR count). The third-order valence-corrected chi connectivity index (χ3v) is 3.09. The van der Waals surface area contributed by atoms with Crippen molar-refractivity contribution >= 4 is 5.91 Å². The lowest BCUT2D eigenvalue weighted by atomic mass is 9.77. The summed E-state index contributed by atoms with van der Waals surface area (Å²) in [5.41, 5.74) is 5.44. The van der Waals surface area contributed by atoms with E-state index >= 15 is 0 Å². The van der Waals surface area contributed by atoms with E-state index in [1.807, 2.05) is 0 Å². The number of methoxy groups -OCH3 is 2. The number of rotatable bonds is 4. The van der Waals surface area contributed by atoms with Gasteiger partial charge in [-0.1, -0.05) is 6.07 Å². The van der Waals surface area contributed by atoms with E-state index in [9.17, 15) is 4.79 Å². The highest BCUT2D eigenvalue weighted by atomic mass is 16.5. The van der Waals surface area contributed by atoms with Crippen LogP contribution >= 0.6 is 0 Å². The predicted octanol–water partition coefficient (Wildman–Crippen LogP) is 0.457. The molecule has 0 aliphatic carbocycles. The van der Waals surface area contributed by atoms with Crippen LogP contribution in [0.2, 0.25) is 0 Å². The molecule has 1 aliphatic heterocycles. The van der Waals surface area contributed by atoms with E-state index in [0.717, 1.165) is 5.56 Å². The second-order valence-electron chi connectivity index (χ2n) is 4.01. The highest BCUT2D eigenvalue weighted by Gasteiger charge is 2.48. The molecule has 1 aliphatic rings. The molecule has 1 fully saturated rings. The zero-order chi connectivity index (χ0) is 12.5. The van der Waals surface area contributed by atoms with Crippen LogP contribution in [0.5, 0.6) is 11.5 Å². The van der Waals surface area contributed by atoms with E-state index in [-0.39, 0.29) is 0 Å². The molecule has 5 nitrogen and oxygen atoms in total. The first-order valence-corrected chi connectivity index (χ1v) is 5.24. The summed E-state index contributed by atoms with van der Waals surface area (Å²) < 4.78 is 15.5. The lowest BCUT2D eigenvalue weighted by Gasteiger charge is -2.39. The molecule has 0 saturated carbocycles. The number of nitrogens with two attached hydrogens (primary N) is 1. The summed E-state index contributed by atoms with van der Waals surface area (Å²) in [6, 6.07) is 5.31. The molecule has 17 heavy (non-hydrogen) atoms. The van der Waals surface area contributed by atoms with Gasteiger partial charge in [0.05, 0.1) is 27.4 Å². The van der Waals surface area contributed by atoms with Crippen molar-refractivity contribution in [2.45, 2.75) is 5.41 Å². The van der Waals surface area contributed by atoms with Crippen LogP contribution in [0.3, 0.4) is 0 Å². The van der Waals surface area contributed by atoms with Gasteiger partial charge in [-0.25, -0.2) is 0 Å². The summed E-state index contributed by atoms with van der Waals surface area (Å²) in [5, 5.41) is 0. The Morgan fingerprint density at radius 1 is 1.35 bits per heavy atom. The molecule has 1 amide bonds. The average Bonchev–Trinajstić information content (AvgIpc) is 2.27. The standard InChI is InChI=1S/C12H15NO4/c1-15-8-3-4-9(10(5-8)16-2)12(11(13)14)6-17-7-12/h3-5H,6-7H2,1-2H3,(H2,13,14). The Labute approximate surface area is 99.5 Å². The topological polar surface area (TPSA) is 70.8 Å². The maximum absolute atomic E-state index is 11.6. The van der Waals surface area contributed by atoms with Gasteiger partial charge in [-0.3, -0.25) is 4.79 Å². The molecule has 1 saturated heterocycles. The van der Waals surface area contributed by atoms with Crippen LogP contribution in [-0.4, -0.2) is 33.3 Å². The maximum Gasteiger partial charge on any atom is 0.232 e. The van der Waals surface area contributed by atoms with Gasteiger partial charge in [0.25, 0.3) is 0 Å². The summed E-state index contributed by atoms with van der Waals surface area (Å²) in [6.45, 7) is 0.593. The Morgan fingerprint density at radius 3 is 2.47 bits per heavy atom. The fourth-order valence-corrected chi connectivity index (χ4v) is 1.93. The van der Waals surface area contributed by atoms with Gasteiger partial charge in [-0.15, -0.1) is 0 Å². The summed E-state index contributed by atoms with van der Waals surface area (Å²) in [6.07, 6.45) is 0. The van der Waals surface area contributed by atoms with E-state index in [1.165, 1.54) is 0 Å². The Bertz CT molecular complexity index is 440. The van der Waals surface area contributed by atoms with Crippen molar-refractivity contribution in [2.75, 3.05) is 27.4 Å². The Morgan fingerprint density at radius 2 is 2.06 bits per heavy atom. The van der Waals surface area contributed by atoms with Crippen LogP contribution in [0, 0.1) is 0 Å². The van der Waals surface area contributed by atoms with E-state index in [1.54, 1.807) is 32.4 Å². The minimum atomic E-state index is -0.766. The molecule has 0 spiro atoms. The highest BCUT2D eigenvalue weighted by molar-refractivity contribution is 5.89. The van der Waals surface area contributed by atoms with Gasteiger partial charge < -0.3 is 19.9 Å². The van der Waals surface area contributed by atoms with Crippen molar-refractivity contribution in [1.29, 1.82) is 0 Å². The monoisotopic (exact) mass is 237 g/mol. The molecular weight excluding hydrogens is 222 g/mol. The predicted molar refractivity (Wildman–Crippen MR) is 61.2 cm³/mol. The van der Waals surface area contributed by atoms with Crippen LogP contribution in [0.1, 0.15) is 5.56 Å². The molecule has 1 heterocycles. The summed E-state index contributed by atoms with van der Waals surface area (Å²) in [4.78, 5) is 11.6. The van der Waals surface area contributed by atoms with Crippen LogP contribution < -0.4 is 15.2 Å². The first-order valence-electron chi connectivity index (χ1n) is 5.24. The molecular formula is C12H15NO4. The second-order valence-corrected chi connectivity index (χ2v) is 4.01. The Kier molecular flexibility index (Phi) is 2.93. The highest BCUT2D eigenvalue weighted by Crippen LogP contribution is 2.39. The summed E-state index contributed by atoms with van der Waals surface area (Å²) >= 11 is 0. The van der Waals surface area contributed by atoms with Crippen molar-refractivity contribution in [1.82, 2.24) is 0 Å². The molecule has 0 atom stereocenters. The lowest BCUT2D eigenvalue weighted by molar-refractivity contribution is -0.141. The Hall–Kier alpha value is -1.75. The van der Waals surface area contributed by atoms with Gasteiger partial charge in [0, 0.05) is 11.6 Å². The van der Waals surface area contributed by atoms with Gasteiger partial charge in [0.1, 0.15) is 16.9 Å². The molecule has 1 aromatic carbocycles. The smallest absolute Gasteiger partial charge is 0.232 e. The molecule has 2 N–H and O–H groups in total. The van der Waals surface area contributed by atoms with Gasteiger partial charge in [-0.2, -0.15) is 0 Å². The molecule has 0 aromatic heterocycles. The fraction of sp³-hybridized carbons (Fsp3) is 0.417. The number of carbonyl (C=O) groups is 1. The minimum Gasteiger partial charge on any atom is -0.497 e. The zero-order valence-corrected chi connectivity index (χ0v) is 9.86. The molecule has 92 valence electrons. The maximum atomic E-state index is 11.6. The lowest BCUT2D eigenvalue weighted by Crippen LogP contribution is -2.56. The van der Waals surface area contributed by atoms with Crippen LogP contribution in [0.15, 0.2) is 18.2 Å². The van der Waals surface area contributed by atoms with E-state index in [4.69, 9.17) is 19.9 Å². The van der Waals surface area contributed by atoms with E-state index < -0.39 is 11.3 Å². The van der Waals surface area contributed by atoms with Crippen molar-refractivity contribution in [3.05, 3.63) is 23.8 Å². The molecule has 1 aromatic rings. The summed E-state index contributed by atoms with van der Waals surface area (Å²) in [5.74, 6) is 0.865. The number of hydrogen-bond donors (Lipinski definition) is 1. The van der Waals surface area contributed by atoms with E-state index in [0.29, 0.717) is 24.7 Å². The number of ether oxygens (including phenoxy) is 3. The van der Waals surface area contributed by atoms with E-state index in [2.05, 4.69) is 0 Å². The Balaban J connectivity index is 2.47. The average molecular weight is 237 g/mol. The first-order chi connectivity index (χ1) is 8.14. The fourth-order valence-electron chi connectivity index (χ4n) is 1.93. The van der Waals surface area contributed by atoms with Crippen molar-refractivity contribution in [3.63, 3.8) is 0 Å². The zero-order valence-electron chi connectivity index (χ0n) is 9.86. The van der Waals surface area contributed by atoms with Crippen LogP contribution in [0.4, 0.5) is 0 Å². The van der Waals surface area contributed by atoms with Crippen molar-refractivity contribution in [3.8, 4) is 11.5 Å². The van der Waals surface area contributed by atoms with Gasteiger partial charge in [0.15, 0.2) is 0 Å². The quantitative estimate of drug-likeness (QED) is 0.825. The normalized spacial score (nSPS) is 17.1.